The van der Waals surface area contributed by atoms with Crippen LogP contribution in [0.5, 0.6) is 17.6 Å². The molecule has 0 bridgehead atoms. The van der Waals surface area contributed by atoms with Crippen LogP contribution in [0.1, 0.15) is 37.7 Å². The van der Waals surface area contributed by atoms with E-state index in [0.717, 1.165) is 25.7 Å². The van der Waals surface area contributed by atoms with E-state index in [9.17, 15) is 13.9 Å². The molecule has 2 aliphatic carbocycles. The number of morpholine rings is 1. The van der Waals surface area contributed by atoms with Crippen LogP contribution in [0.2, 0.25) is 0 Å². The average molecular weight is 646 g/mol. The normalized spacial score (nSPS) is 27.0. The highest BCUT2D eigenvalue weighted by molar-refractivity contribution is 6.04. The molecule has 244 valence electrons. The van der Waals surface area contributed by atoms with Gasteiger partial charge in [0.05, 0.1) is 38.0 Å². The van der Waals surface area contributed by atoms with E-state index in [1.807, 2.05) is 11.9 Å². The fraction of sp³-hybridized carbons (Fsp3) is 0.457. The van der Waals surface area contributed by atoms with Crippen LogP contribution >= 0.6 is 0 Å². The molecule has 0 radical (unpaired) electrons. The number of pyridine rings is 1. The summed E-state index contributed by atoms with van der Waals surface area (Å²) in [5, 5.41) is 11.5. The molecule has 2 aromatic carbocycles. The number of hydrogen-bond donors (Lipinski definition) is 1. The van der Waals surface area contributed by atoms with Crippen molar-refractivity contribution in [2.24, 2.45) is 5.41 Å². The van der Waals surface area contributed by atoms with Crippen molar-refractivity contribution in [3.05, 3.63) is 41.5 Å². The van der Waals surface area contributed by atoms with E-state index in [2.05, 4.69) is 20.8 Å². The SMILES string of the molecule is C#Cc1c(F)ccc2cc(O)cc(-c3nc(OC)c4c(N5CCOC6CC65)nc(OC[C@]56CCC[C@H]5N(C)C[C@@H](F)C6)nc4c3F)c12. The number of halogens is 3. The fourth-order valence-corrected chi connectivity index (χ4v) is 8.28. The minimum Gasteiger partial charge on any atom is -0.508 e. The molecule has 12 heteroatoms. The molecule has 4 heterocycles. The highest BCUT2D eigenvalue weighted by Gasteiger charge is 2.51. The van der Waals surface area contributed by atoms with Crippen molar-refractivity contribution in [3.8, 4) is 41.2 Å². The molecule has 2 saturated heterocycles. The number of aromatic nitrogens is 3. The Morgan fingerprint density at radius 3 is 2.85 bits per heavy atom. The van der Waals surface area contributed by atoms with E-state index in [1.54, 1.807) is 0 Å². The number of phenols is 1. The molecular formula is C35H34F3N5O4. The van der Waals surface area contributed by atoms with Crippen LogP contribution in [-0.4, -0.2) is 89.8 Å². The number of anilines is 1. The molecule has 4 fully saturated rings. The first-order chi connectivity index (χ1) is 22.7. The number of rotatable bonds is 6. The summed E-state index contributed by atoms with van der Waals surface area (Å²) < 4.78 is 64.7. The number of methoxy groups -OCH3 is 1. The molecule has 47 heavy (non-hydrogen) atoms. The van der Waals surface area contributed by atoms with Gasteiger partial charge >= 0.3 is 6.01 Å². The number of alkyl halides is 1. The third-order valence-electron chi connectivity index (χ3n) is 10.4. The first-order valence-electron chi connectivity index (χ1n) is 15.9. The van der Waals surface area contributed by atoms with Gasteiger partial charge in [0.1, 0.15) is 40.2 Å². The lowest BCUT2D eigenvalue weighted by Crippen LogP contribution is -2.54. The maximum atomic E-state index is 17.0. The monoisotopic (exact) mass is 645 g/mol. The van der Waals surface area contributed by atoms with Crippen molar-refractivity contribution in [2.45, 2.75) is 56.5 Å². The lowest BCUT2D eigenvalue weighted by Gasteiger charge is -2.45. The summed E-state index contributed by atoms with van der Waals surface area (Å²) in [6, 6.07) is 5.53. The second-order valence-electron chi connectivity index (χ2n) is 13.2. The molecule has 8 rings (SSSR count). The van der Waals surface area contributed by atoms with Gasteiger partial charge in [0.25, 0.3) is 0 Å². The van der Waals surface area contributed by atoms with Crippen LogP contribution < -0.4 is 14.4 Å². The summed E-state index contributed by atoms with van der Waals surface area (Å²) in [6.45, 7) is 1.53. The van der Waals surface area contributed by atoms with Gasteiger partial charge in [0.2, 0.25) is 5.88 Å². The minimum atomic E-state index is -0.976. The summed E-state index contributed by atoms with van der Waals surface area (Å²) >= 11 is 0. The maximum absolute atomic E-state index is 17.0. The van der Waals surface area contributed by atoms with Crippen molar-refractivity contribution in [3.63, 3.8) is 0 Å². The number of nitrogens with zero attached hydrogens (tertiary/aromatic N) is 5. The minimum absolute atomic E-state index is 0.0364. The van der Waals surface area contributed by atoms with Crippen LogP contribution in [0.3, 0.4) is 0 Å². The van der Waals surface area contributed by atoms with Crippen LogP contribution in [-0.2, 0) is 4.74 Å². The van der Waals surface area contributed by atoms with Crippen molar-refractivity contribution < 1.29 is 32.5 Å². The largest absolute Gasteiger partial charge is 0.508 e. The Bertz CT molecular complexity index is 1970. The Hall–Kier alpha value is -4.34. The zero-order valence-corrected chi connectivity index (χ0v) is 26.1. The van der Waals surface area contributed by atoms with E-state index < -0.39 is 23.2 Å². The molecule has 0 amide bonds. The summed E-state index contributed by atoms with van der Waals surface area (Å²) in [6.07, 6.45) is 8.66. The van der Waals surface area contributed by atoms with Crippen LogP contribution in [0, 0.1) is 29.4 Å². The number of phenolic OH excluding ortho intramolecular Hbond substituents is 1. The van der Waals surface area contributed by atoms with Crippen LogP contribution in [0.4, 0.5) is 19.0 Å². The predicted octanol–water partition coefficient (Wildman–Crippen LogP) is 5.39. The lowest BCUT2D eigenvalue weighted by molar-refractivity contribution is -0.0244. The van der Waals surface area contributed by atoms with Crippen molar-refractivity contribution in [2.75, 3.05) is 45.4 Å². The number of piperidine rings is 1. The number of likely N-dealkylation sites (tertiary alicyclic amines) is 1. The Morgan fingerprint density at radius 1 is 1.19 bits per heavy atom. The zero-order valence-electron chi connectivity index (χ0n) is 26.1. The molecule has 4 aromatic rings. The van der Waals surface area contributed by atoms with E-state index in [-0.39, 0.29) is 75.5 Å². The molecule has 5 atom stereocenters. The van der Waals surface area contributed by atoms with Gasteiger partial charge in [-0.15, -0.1) is 6.42 Å². The van der Waals surface area contributed by atoms with Gasteiger partial charge in [-0.2, -0.15) is 9.97 Å². The molecular weight excluding hydrogens is 611 g/mol. The molecule has 2 saturated carbocycles. The van der Waals surface area contributed by atoms with E-state index in [0.29, 0.717) is 37.3 Å². The predicted molar refractivity (Wildman–Crippen MR) is 170 cm³/mol. The second-order valence-corrected chi connectivity index (χ2v) is 13.2. The standard InChI is InChI=1S/C35H34F3N5O4/c1-4-21-23(37)8-7-18-12-20(44)13-22(27(18)21)30-29(38)31-28(33(39-30)45-3)32(43-10-11-46-25-14-24(25)43)41-34(40-31)47-17-35-9-5-6-26(35)42(2)16-19(36)15-35/h1,7-8,12-13,19,24-26,44H,5-6,9-11,14-17H2,2-3H3/t19-,24?,25?,26+,35+/m0/s1. The van der Waals surface area contributed by atoms with E-state index in [4.69, 9.17) is 25.6 Å². The molecule has 4 aliphatic rings. The van der Waals surface area contributed by atoms with Gasteiger partial charge in [-0.1, -0.05) is 18.4 Å². The molecule has 2 aromatic heterocycles. The number of benzene rings is 2. The van der Waals surface area contributed by atoms with E-state index >= 15 is 4.39 Å². The number of terminal acetylenes is 1. The Balaban J connectivity index is 1.32. The maximum Gasteiger partial charge on any atom is 0.319 e. The molecule has 2 aliphatic heterocycles. The Kier molecular flexibility index (Phi) is 7.11. The number of hydrogen-bond acceptors (Lipinski definition) is 9. The smallest absolute Gasteiger partial charge is 0.319 e. The van der Waals surface area contributed by atoms with Gasteiger partial charge in [-0.05, 0) is 56.3 Å². The average Bonchev–Trinajstić information content (AvgIpc) is 3.74. The highest BCUT2D eigenvalue weighted by atomic mass is 19.1. The summed E-state index contributed by atoms with van der Waals surface area (Å²) in [7, 11) is 3.36. The second kappa shape index (κ2) is 11.1. The van der Waals surface area contributed by atoms with Gasteiger partial charge in [0.15, 0.2) is 5.82 Å². The molecule has 2 unspecified atom stereocenters. The van der Waals surface area contributed by atoms with Crippen LogP contribution in [0.25, 0.3) is 32.9 Å². The number of fused-ring (bicyclic) bond motifs is 4. The zero-order chi connectivity index (χ0) is 32.6. The van der Waals surface area contributed by atoms with Gasteiger partial charge in [-0.25, -0.2) is 18.2 Å². The topological polar surface area (TPSA) is 93.1 Å². The number of aromatic hydroxyl groups is 1. The van der Waals surface area contributed by atoms with Gasteiger partial charge < -0.3 is 24.2 Å². The van der Waals surface area contributed by atoms with Gasteiger partial charge in [-0.3, -0.25) is 4.90 Å². The summed E-state index contributed by atoms with van der Waals surface area (Å²) in [4.78, 5) is 18.1. The van der Waals surface area contributed by atoms with Gasteiger partial charge in [0, 0.05) is 35.5 Å². The fourth-order valence-electron chi connectivity index (χ4n) is 8.28. The van der Waals surface area contributed by atoms with E-state index in [1.165, 1.54) is 31.4 Å². The third kappa shape index (κ3) is 4.81. The van der Waals surface area contributed by atoms with Crippen molar-refractivity contribution in [1.82, 2.24) is 19.9 Å². The number of ether oxygens (including phenoxy) is 3. The highest BCUT2D eigenvalue weighted by Crippen LogP contribution is 2.49. The lowest BCUT2D eigenvalue weighted by atomic mass is 9.75. The quantitative estimate of drug-likeness (QED) is 0.277. The van der Waals surface area contributed by atoms with Crippen molar-refractivity contribution in [1.29, 1.82) is 0 Å². The Labute approximate surface area is 269 Å². The summed E-state index contributed by atoms with van der Waals surface area (Å²) in [5.74, 6) is 1.11. The first kappa shape index (κ1) is 30.0. The van der Waals surface area contributed by atoms with Crippen molar-refractivity contribution >= 4 is 27.5 Å². The van der Waals surface area contributed by atoms with Crippen LogP contribution in [0.15, 0.2) is 24.3 Å². The summed E-state index contributed by atoms with van der Waals surface area (Å²) in [5.41, 5.74) is -0.778. The first-order valence-corrected chi connectivity index (χ1v) is 15.9. The third-order valence-corrected chi connectivity index (χ3v) is 10.4. The molecule has 1 N–H and O–H groups in total. The Morgan fingerprint density at radius 2 is 2.04 bits per heavy atom. The molecule has 9 nitrogen and oxygen atoms in total. The molecule has 0 spiro atoms.